The maximum atomic E-state index is 12.2. The van der Waals surface area contributed by atoms with Crippen molar-refractivity contribution in [1.82, 2.24) is 5.32 Å². The second-order valence-corrected chi connectivity index (χ2v) is 6.63. The van der Waals surface area contributed by atoms with Crippen molar-refractivity contribution in [2.24, 2.45) is 5.41 Å². The van der Waals surface area contributed by atoms with E-state index in [1.54, 1.807) is 0 Å². The molecule has 1 aliphatic carbocycles. The van der Waals surface area contributed by atoms with Crippen LogP contribution >= 0.6 is 11.3 Å². The first-order chi connectivity index (χ1) is 10.2. The van der Waals surface area contributed by atoms with E-state index >= 15 is 0 Å². The molecule has 0 saturated heterocycles. The fraction of sp³-hybridized carbons (Fsp3) is 0.588. The molecular formula is C17H23NO2S. The average Bonchev–Trinajstić information content (AvgIpc) is 3.15. The molecule has 1 aromatic rings. The van der Waals surface area contributed by atoms with Gasteiger partial charge in [0.15, 0.2) is 0 Å². The second-order valence-electron chi connectivity index (χ2n) is 5.72. The van der Waals surface area contributed by atoms with Crippen LogP contribution in [0.15, 0.2) is 11.4 Å². The number of carbonyl (C=O) groups is 1. The Kier molecular flexibility index (Phi) is 5.84. The molecule has 0 aliphatic heterocycles. The SMILES string of the molecule is CCC1(CNC(=O)c2csc(C#CCCO)c2)CCCC1. The zero-order chi connectivity index (χ0) is 15.1. The van der Waals surface area contributed by atoms with E-state index in [0.717, 1.165) is 17.8 Å². The van der Waals surface area contributed by atoms with Crippen molar-refractivity contribution in [3.63, 3.8) is 0 Å². The molecule has 1 amide bonds. The summed E-state index contributed by atoms with van der Waals surface area (Å²) in [5.41, 5.74) is 1.01. The van der Waals surface area contributed by atoms with Crippen LogP contribution in [-0.2, 0) is 0 Å². The summed E-state index contributed by atoms with van der Waals surface area (Å²) in [5, 5.41) is 13.6. The van der Waals surface area contributed by atoms with Gasteiger partial charge in [0.25, 0.3) is 5.91 Å². The summed E-state index contributed by atoms with van der Waals surface area (Å²) >= 11 is 1.48. The molecule has 0 radical (unpaired) electrons. The van der Waals surface area contributed by atoms with E-state index in [-0.39, 0.29) is 12.5 Å². The Hall–Kier alpha value is -1.31. The van der Waals surface area contributed by atoms with E-state index in [9.17, 15) is 4.79 Å². The molecule has 0 aromatic carbocycles. The van der Waals surface area contributed by atoms with Crippen LogP contribution in [0, 0.1) is 17.3 Å². The van der Waals surface area contributed by atoms with Crippen LogP contribution in [0.2, 0.25) is 0 Å². The molecule has 0 bridgehead atoms. The zero-order valence-electron chi connectivity index (χ0n) is 12.6. The lowest BCUT2D eigenvalue weighted by atomic mass is 9.83. The highest BCUT2D eigenvalue weighted by atomic mass is 32.1. The molecule has 1 saturated carbocycles. The molecule has 1 aliphatic rings. The van der Waals surface area contributed by atoms with Crippen molar-refractivity contribution >= 4 is 17.2 Å². The monoisotopic (exact) mass is 305 g/mol. The predicted molar refractivity (Wildman–Crippen MR) is 86.4 cm³/mol. The van der Waals surface area contributed by atoms with Gasteiger partial charge in [0.05, 0.1) is 17.0 Å². The summed E-state index contributed by atoms with van der Waals surface area (Å²) in [5.74, 6) is 5.84. The lowest BCUT2D eigenvalue weighted by molar-refractivity contribution is 0.0929. The highest BCUT2D eigenvalue weighted by molar-refractivity contribution is 7.10. The van der Waals surface area contributed by atoms with Gasteiger partial charge < -0.3 is 10.4 Å². The first-order valence-electron chi connectivity index (χ1n) is 7.65. The second kappa shape index (κ2) is 7.63. The molecule has 4 heteroatoms. The molecular weight excluding hydrogens is 282 g/mol. The van der Waals surface area contributed by atoms with Gasteiger partial charge in [-0.3, -0.25) is 4.79 Å². The minimum absolute atomic E-state index is 0.00110. The van der Waals surface area contributed by atoms with Gasteiger partial charge in [-0.2, -0.15) is 0 Å². The van der Waals surface area contributed by atoms with Crippen LogP contribution in [0.5, 0.6) is 0 Å². The summed E-state index contributed by atoms with van der Waals surface area (Å²) in [6.45, 7) is 3.07. The largest absolute Gasteiger partial charge is 0.395 e. The number of thiophene rings is 1. The summed E-state index contributed by atoms with van der Waals surface area (Å²) in [6, 6.07) is 1.83. The van der Waals surface area contributed by atoms with Crippen molar-refractivity contribution < 1.29 is 9.90 Å². The first kappa shape index (κ1) is 16.1. The Morgan fingerprint density at radius 1 is 1.48 bits per heavy atom. The Balaban J connectivity index is 1.90. The molecule has 21 heavy (non-hydrogen) atoms. The third-order valence-electron chi connectivity index (χ3n) is 4.35. The maximum Gasteiger partial charge on any atom is 0.252 e. The minimum atomic E-state index is 0.00110. The van der Waals surface area contributed by atoms with Crippen molar-refractivity contribution in [2.75, 3.05) is 13.2 Å². The quantitative estimate of drug-likeness (QED) is 0.821. The summed E-state index contributed by atoms with van der Waals surface area (Å²) in [4.78, 5) is 13.1. The maximum absolute atomic E-state index is 12.2. The standard InChI is InChI=1S/C17H23NO2S/c1-2-17(8-4-5-9-17)13-18-16(20)14-11-15(21-12-14)7-3-6-10-19/h11-12,19H,2,4-6,8-10,13H2,1H3,(H,18,20). The van der Waals surface area contributed by atoms with Crippen LogP contribution in [0.25, 0.3) is 0 Å². The van der Waals surface area contributed by atoms with E-state index in [1.165, 1.54) is 37.0 Å². The number of amides is 1. The summed E-state index contributed by atoms with van der Waals surface area (Å²) in [6.07, 6.45) is 6.63. The van der Waals surface area contributed by atoms with Crippen molar-refractivity contribution in [3.8, 4) is 11.8 Å². The molecule has 0 unspecified atom stereocenters. The van der Waals surface area contributed by atoms with Gasteiger partial charge in [-0.1, -0.05) is 31.6 Å². The van der Waals surface area contributed by atoms with E-state index in [2.05, 4.69) is 24.1 Å². The fourth-order valence-electron chi connectivity index (χ4n) is 2.88. The molecule has 1 heterocycles. The minimum Gasteiger partial charge on any atom is -0.395 e. The number of hydrogen-bond donors (Lipinski definition) is 2. The smallest absolute Gasteiger partial charge is 0.252 e. The Morgan fingerprint density at radius 3 is 2.90 bits per heavy atom. The van der Waals surface area contributed by atoms with Gasteiger partial charge in [0.1, 0.15) is 0 Å². The highest BCUT2D eigenvalue weighted by Crippen LogP contribution is 2.40. The van der Waals surface area contributed by atoms with E-state index in [1.807, 2.05) is 11.4 Å². The number of carbonyl (C=O) groups excluding carboxylic acids is 1. The normalized spacial score (nSPS) is 16.3. The van der Waals surface area contributed by atoms with Crippen LogP contribution in [0.1, 0.15) is 60.7 Å². The van der Waals surface area contributed by atoms with Gasteiger partial charge in [0, 0.05) is 18.3 Å². The third kappa shape index (κ3) is 4.33. The molecule has 3 nitrogen and oxygen atoms in total. The topological polar surface area (TPSA) is 49.3 Å². The average molecular weight is 305 g/mol. The van der Waals surface area contributed by atoms with Gasteiger partial charge in [0.2, 0.25) is 0 Å². The first-order valence-corrected chi connectivity index (χ1v) is 8.53. The lowest BCUT2D eigenvalue weighted by Crippen LogP contribution is -2.35. The van der Waals surface area contributed by atoms with Crippen LogP contribution < -0.4 is 5.32 Å². The number of aliphatic hydroxyl groups is 1. The lowest BCUT2D eigenvalue weighted by Gasteiger charge is -2.27. The van der Waals surface area contributed by atoms with E-state index < -0.39 is 0 Å². The predicted octanol–water partition coefficient (Wildman–Crippen LogP) is 3.18. The molecule has 0 atom stereocenters. The fourth-order valence-corrected chi connectivity index (χ4v) is 3.63. The molecule has 2 rings (SSSR count). The Labute approximate surface area is 130 Å². The summed E-state index contributed by atoms with van der Waals surface area (Å²) in [7, 11) is 0. The van der Waals surface area contributed by atoms with Crippen LogP contribution in [0.3, 0.4) is 0 Å². The number of nitrogens with one attached hydrogen (secondary N) is 1. The van der Waals surface area contributed by atoms with Crippen molar-refractivity contribution in [2.45, 2.75) is 45.4 Å². The van der Waals surface area contributed by atoms with Crippen molar-refractivity contribution in [3.05, 3.63) is 21.9 Å². The Morgan fingerprint density at radius 2 is 2.24 bits per heavy atom. The Bertz CT molecular complexity index is 532. The summed E-state index contributed by atoms with van der Waals surface area (Å²) < 4.78 is 0. The molecule has 114 valence electrons. The molecule has 1 aromatic heterocycles. The van der Waals surface area contributed by atoms with E-state index in [0.29, 0.717) is 17.4 Å². The van der Waals surface area contributed by atoms with Gasteiger partial charge in [-0.25, -0.2) is 0 Å². The molecule has 0 spiro atoms. The zero-order valence-corrected chi connectivity index (χ0v) is 13.4. The third-order valence-corrected chi connectivity index (χ3v) is 5.19. The van der Waals surface area contributed by atoms with Crippen LogP contribution in [0.4, 0.5) is 0 Å². The molecule has 1 fully saturated rings. The van der Waals surface area contributed by atoms with E-state index in [4.69, 9.17) is 5.11 Å². The van der Waals surface area contributed by atoms with Gasteiger partial charge in [-0.15, -0.1) is 11.3 Å². The number of hydrogen-bond acceptors (Lipinski definition) is 3. The number of rotatable bonds is 5. The van der Waals surface area contributed by atoms with Crippen molar-refractivity contribution in [1.29, 1.82) is 0 Å². The number of aliphatic hydroxyl groups excluding tert-OH is 1. The van der Waals surface area contributed by atoms with Gasteiger partial charge in [-0.05, 0) is 30.7 Å². The molecule has 2 N–H and O–H groups in total. The highest BCUT2D eigenvalue weighted by Gasteiger charge is 2.32. The van der Waals surface area contributed by atoms with Crippen LogP contribution in [-0.4, -0.2) is 24.2 Å². The van der Waals surface area contributed by atoms with Gasteiger partial charge >= 0.3 is 0 Å².